The van der Waals surface area contributed by atoms with Crippen LogP contribution in [-0.4, -0.2) is 39.8 Å². The Morgan fingerprint density at radius 3 is 2.58 bits per heavy atom. The molecule has 0 aliphatic heterocycles. The molecule has 124 valence electrons. The van der Waals surface area contributed by atoms with E-state index in [1.807, 2.05) is 50.5 Å². The molecule has 0 amide bonds. The Morgan fingerprint density at radius 1 is 1.21 bits per heavy atom. The number of fused-ring (bicyclic) bond motifs is 1. The highest BCUT2D eigenvalue weighted by Crippen LogP contribution is 2.26. The fraction of sp³-hybridized carbons (Fsp3) is 0.235. The van der Waals surface area contributed by atoms with Crippen LogP contribution in [0.4, 0.5) is 11.6 Å². The fourth-order valence-electron chi connectivity index (χ4n) is 2.74. The van der Waals surface area contributed by atoms with Crippen LogP contribution in [0, 0.1) is 10.1 Å². The zero-order valence-electron chi connectivity index (χ0n) is 13.6. The minimum Gasteiger partial charge on any atom is -0.361 e. The summed E-state index contributed by atoms with van der Waals surface area (Å²) in [5.74, 6) is 0.241. The van der Waals surface area contributed by atoms with Crippen molar-refractivity contribution >= 4 is 17.3 Å². The molecule has 2 heterocycles. The second kappa shape index (κ2) is 6.67. The number of nitrogens with one attached hydrogen (secondary N) is 1. The SMILES string of the molecule is CN(C)C(CNc1nc2ccccn2c1[N+](=O)[O-])c1ccccc1. The maximum absolute atomic E-state index is 11.4. The van der Waals surface area contributed by atoms with Crippen LogP contribution in [0.2, 0.25) is 0 Å². The average molecular weight is 325 g/mol. The van der Waals surface area contributed by atoms with E-state index in [0.29, 0.717) is 12.2 Å². The van der Waals surface area contributed by atoms with Crippen molar-refractivity contribution in [3.63, 3.8) is 0 Å². The molecule has 0 radical (unpaired) electrons. The monoisotopic (exact) mass is 325 g/mol. The summed E-state index contributed by atoms with van der Waals surface area (Å²) >= 11 is 0. The van der Waals surface area contributed by atoms with E-state index in [2.05, 4.69) is 15.2 Å². The van der Waals surface area contributed by atoms with E-state index >= 15 is 0 Å². The summed E-state index contributed by atoms with van der Waals surface area (Å²) in [4.78, 5) is 17.5. The lowest BCUT2D eigenvalue weighted by Gasteiger charge is -2.24. The molecule has 24 heavy (non-hydrogen) atoms. The third-order valence-electron chi connectivity index (χ3n) is 3.95. The van der Waals surface area contributed by atoms with Gasteiger partial charge in [0.25, 0.3) is 0 Å². The van der Waals surface area contributed by atoms with Gasteiger partial charge >= 0.3 is 5.82 Å². The highest BCUT2D eigenvalue weighted by atomic mass is 16.6. The number of hydrogen-bond donors (Lipinski definition) is 1. The van der Waals surface area contributed by atoms with Gasteiger partial charge in [0.2, 0.25) is 11.5 Å². The fourth-order valence-corrected chi connectivity index (χ4v) is 2.74. The zero-order chi connectivity index (χ0) is 17.1. The van der Waals surface area contributed by atoms with E-state index < -0.39 is 4.92 Å². The molecule has 3 rings (SSSR count). The number of likely N-dealkylation sites (N-methyl/N-ethyl adjacent to an activating group) is 1. The average Bonchev–Trinajstić information content (AvgIpc) is 2.94. The van der Waals surface area contributed by atoms with Crippen LogP contribution in [0.25, 0.3) is 5.65 Å². The molecule has 7 nitrogen and oxygen atoms in total. The standard InChI is InChI=1S/C17H19N5O2/c1-20(2)14(13-8-4-3-5-9-13)12-18-16-17(22(23)24)21-11-7-6-10-15(21)19-16/h3-11,14,18H,12H2,1-2H3. The lowest BCUT2D eigenvalue weighted by atomic mass is 10.1. The van der Waals surface area contributed by atoms with Gasteiger partial charge in [-0.2, -0.15) is 9.38 Å². The molecule has 1 unspecified atom stereocenters. The summed E-state index contributed by atoms with van der Waals surface area (Å²) < 4.78 is 1.48. The quantitative estimate of drug-likeness (QED) is 0.557. The maximum Gasteiger partial charge on any atom is 0.372 e. The summed E-state index contributed by atoms with van der Waals surface area (Å²) in [6.45, 7) is 0.516. The molecule has 1 atom stereocenters. The van der Waals surface area contributed by atoms with E-state index in [-0.39, 0.29) is 17.7 Å². The Labute approximate surface area is 139 Å². The highest BCUT2D eigenvalue weighted by Gasteiger charge is 2.23. The molecule has 0 spiro atoms. The molecule has 0 fully saturated rings. The molecule has 7 heteroatoms. The summed E-state index contributed by atoms with van der Waals surface area (Å²) in [6, 6.07) is 15.4. The van der Waals surface area contributed by atoms with Gasteiger partial charge in [-0.25, -0.2) is 0 Å². The van der Waals surface area contributed by atoms with Crippen molar-refractivity contribution < 1.29 is 4.92 Å². The molecular formula is C17H19N5O2. The number of pyridine rings is 1. The number of anilines is 1. The van der Waals surface area contributed by atoms with E-state index in [9.17, 15) is 10.1 Å². The van der Waals surface area contributed by atoms with Crippen molar-refractivity contribution in [1.82, 2.24) is 14.3 Å². The summed E-state index contributed by atoms with van der Waals surface area (Å²) in [7, 11) is 3.97. The van der Waals surface area contributed by atoms with Gasteiger partial charge in [-0.05, 0) is 30.6 Å². The van der Waals surface area contributed by atoms with Crippen LogP contribution in [0.3, 0.4) is 0 Å². The molecular weight excluding hydrogens is 306 g/mol. The number of aromatic nitrogens is 2. The van der Waals surface area contributed by atoms with Gasteiger partial charge in [0, 0.05) is 12.6 Å². The van der Waals surface area contributed by atoms with Crippen LogP contribution in [0.1, 0.15) is 11.6 Å². The largest absolute Gasteiger partial charge is 0.372 e. The molecule has 2 aromatic heterocycles. The van der Waals surface area contributed by atoms with Gasteiger partial charge in [0.05, 0.1) is 12.2 Å². The molecule has 3 aromatic rings. The lowest BCUT2D eigenvalue weighted by Crippen LogP contribution is -2.27. The topological polar surface area (TPSA) is 75.7 Å². The third kappa shape index (κ3) is 3.07. The van der Waals surface area contributed by atoms with Crippen LogP contribution in [-0.2, 0) is 0 Å². The normalized spacial score (nSPS) is 12.5. The van der Waals surface area contributed by atoms with E-state index in [1.165, 1.54) is 4.40 Å². The van der Waals surface area contributed by atoms with Crippen molar-refractivity contribution in [1.29, 1.82) is 0 Å². The van der Waals surface area contributed by atoms with Gasteiger partial charge in [-0.1, -0.05) is 36.4 Å². The number of nitrogens with zero attached hydrogens (tertiary/aromatic N) is 4. The molecule has 0 saturated carbocycles. The minimum absolute atomic E-state index is 0.0452. The zero-order valence-corrected chi connectivity index (χ0v) is 13.6. The maximum atomic E-state index is 11.4. The van der Waals surface area contributed by atoms with E-state index in [1.54, 1.807) is 18.3 Å². The second-order valence-electron chi connectivity index (χ2n) is 5.74. The van der Waals surface area contributed by atoms with Gasteiger partial charge < -0.3 is 20.3 Å². The third-order valence-corrected chi connectivity index (χ3v) is 3.95. The van der Waals surface area contributed by atoms with Crippen molar-refractivity contribution in [2.75, 3.05) is 26.0 Å². The van der Waals surface area contributed by atoms with Gasteiger partial charge in [-0.3, -0.25) is 0 Å². The summed E-state index contributed by atoms with van der Waals surface area (Å²) in [5, 5.41) is 14.6. The van der Waals surface area contributed by atoms with E-state index in [0.717, 1.165) is 5.56 Å². The van der Waals surface area contributed by atoms with Crippen LogP contribution in [0.15, 0.2) is 54.7 Å². The molecule has 1 aromatic carbocycles. The van der Waals surface area contributed by atoms with Crippen molar-refractivity contribution in [3.05, 3.63) is 70.4 Å². The number of imidazole rings is 1. The van der Waals surface area contributed by atoms with Crippen molar-refractivity contribution in [2.45, 2.75) is 6.04 Å². The Morgan fingerprint density at radius 2 is 1.92 bits per heavy atom. The minimum atomic E-state index is -0.407. The van der Waals surface area contributed by atoms with E-state index in [4.69, 9.17) is 0 Å². The smallest absolute Gasteiger partial charge is 0.361 e. The highest BCUT2D eigenvalue weighted by molar-refractivity contribution is 5.62. The molecule has 0 saturated heterocycles. The summed E-state index contributed by atoms with van der Waals surface area (Å²) in [5.41, 5.74) is 1.69. The molecule has 0 aliphatic rings. The number of benzene rings is 1. The predicted molar refractivity (Wildman–Crippen MR) is 93.2 cm³/mol. The first-order valence-corrected chi connectivity index (χ1v) is 7.64. The first-order valence-electron chi connectivity index (χ1n) is 7.64. The number of hydrogen-bond acceptors (Lipinski definition) is 5. The van der Waals surface area contributed by atoms with Crippen LogP contribution in [0.5, 0.6) is 0 Å². The Kier molecular flexibility index (Phi) is 4.43. The Balaban J connectivity index is 1.89. The first kappa shape index (κ1) is 15.9. The molecule has 0 bridgehead atoms. The molecule has 0 aliphatic carbocycles. The second-order valence-corrected chi connectivity index (χ2v) is 5.74. The first-order chi connectivity index (χ1) is 11.6. The van der Waals surface area contributed by atoms with Gasteiger partial charge in [0.1, 0.15) is 0 Å². The van der Waals surface area contributed by atoms with Gasteiger partial charge in [-0.15, -0.1) is 0 Å². The number of nitro groups is 1. The predicted octanol–water partition coefficient (Wildman–Crippen LogP) is 2.96. The van der Waals surface area contributed by atoms with Gasteiger partial charge in [0.15, 0.2) is 0 Å². The van der Waals surface area contributed by atoms with Crippen LogP contribution < -0.4 is 5.32 Å². The van der Waals surface area contributed by atoms with Crippen LogP contribution >= 0.6 is 0 Å². The van der Waals surface area contributed by atoms with Crippen molar-refractivity contribution in [2.24, 2.45) is 0 Å². The Bertz CT molecular complexity index is 845. The van der Waals surface area contributed by atoms with Crippen molar-refractivity contribution in [3.8, 4) is 0 Å². The summed E-state index contributed by atoms with van der Waals surface area (Å²) in [6.07, 6.45) is 1.65. The lowest BCUT2D eigenvalue weighted by molar-refractivity contribution is -0.389. The number of rotatable bonds is 6. The Hall–Kier alpha value is -2.93. The molecule has 1 N–H and O–H groups in total.